The molecule has 0 saturated heterocycles. The minimum absolute atomic E-state index is 0.994. The van der Waals surface area contributed by atoms with Gasteiger partial charge in [-0.3, -0.25) is 9.55 Å². The molecule has 0 spiro atoms. The first-order valence-corrected chi connectivity index (χ1v) is 3.22. The highest BCUT2D eigenvalue weighted by atomic mass is 14.9. The first kappa shape index (κ1) is 5.93. The van der Waals surface area contributed by atoms with Crippen molar-refractivity contribution in [1.82, 2.24) is 9.55 Å². The second-order valence-corrected chi connectivity index (χ2v) is 2.27. The minimum atomic E-state index is 0.994. The molecular formula is C8H5N3. The molecule has 2 aromatic rings. The van der Waals surface area contributed by atoms with Crippen LogP contribution in [0, 0.1) is 11.5 Å². The van der Waals surface area contributed by atoms with E-state index < -0.39 is 0 Å². The van der Waals surface area contributed by atoms with Crippen LogP contribution in [0.3, 0.4) is 0 Å². The zero-order valence-electron chi connectivity index (χ0n) is 5.73. The Hall–Kier alpha value is -1.82. The molecule has 3 heteroatoms. The zero-order chi connectivity index (χ0) is 7.68. The Bertz CT molecular complexity index is 389. The maximum Gasteiger partial charge on any atom is 0.188 e. The summed E-state index contributed by atoms with van der Waals surface area (Å²) >= 11 is 0. The Labute approximate surface area is 63.5 Å². The Morgan fingerprint density at radius 2 is 2.18 bits per heavy atom. The molecule has 0 fully saturated rings. The summed E-state index contributed by atoms with van der Waals surface area (Å²) in [4.78, 5) is 3.94. The molecule has 2 heterocycles. The van der Waals surface area contributed by atoms with E-state index in [1.807, 2.05) is 12.3 Å². The van der Waals surface area contributed by atoms with Gasteiger partial charge in [-0.2, -0.15) is 5.26 Å². The van der Waals surface area contributed by atoms with Crippen molar-refractivity contribution in [2.75, 3.05) is 0 Å². The van der Waals surface area contributed by atoms with Gasteiger partial charge >= 0.3 is 0 Å². The van der Waals surface area contributed by atoms with Crippen molar-refractivity contribution < 1.29 is 0 Å². The Morgan fingerprint density at radius 3 is 2.91 bits per heavy atom. The molecule has 0 aliphatic rings. The fraction of sp³-hybridized carbons (Fsp3) is 0. The van der Waals surface area contributed by atoms with Gasteiger partial charge in [-0.1, -0.05) is 0 Å². The largest absolute Gasteiger partial charge is 0.264 e. The van der Waals surface area contributed by atoms with E-state index in [0.29, 0.717) is 0 Å². The smallest absolute Gasteiger partial charge is 0.188 e. The predicted molar refractivity (Wildman–Crippen MR) is 40.7 cm³/mol. The summed E-state index contributed by atoms with van der Waals surface area (Å²) in [5, 5.41) is 10.6. The Morgan fingerprint density at radius 1 is 1.36 bits per heavy atom. The normalized spacial score (nSPS) is 9.73. The van der Waals surface area contributed by atoms with Gasteiger partial charge in [0, 0.05) is 35.6 Å². The number of pyridine rings is 1. The quantitative estimate of drug-likeness (QED) is 0.558. The van der Waals surface area contributed by atoms with Gasteiger partial charge in [0.25, 0.3) is 0 Å². The van der Waals surface area contributed by atoms with E-state index in [4.69, 9.17) is 5.26 Å². The third kappa shape index (κ3) is 0.849. The summed E-state index contributed by atoms with van der Waals surface area (Å²) in [6, 6.07) is 1.88. The number of hydrogen-bond donors (Lipinski definition) is 0. The molecule has 2 aromatic heterocycles. The van der Waals surface area contributed by atoms with E-state index in [-0.39, 0.29) is 0 Å². The fourth-order valence-corrected chi connectivity index (χ4v) is 1.04. The van der Waals surface area contributed by atoms with E-state index in [0.717, 1.165) is 10.8 Å². The summed E-state index contributed by atoms with van der Waals surface area (Å²) in [5.74, 6) is 0. The molecule has 52 valence electrons. The number of aromatic nitrogens is 2. The van der Waals surface area contributed by atoms with Crippen LogP contribution < -0.4 is 0 Å². The number of nitriles is 1. The van der Waals surface area contributed by atoms with Crippen LogP contribution in [0.25, 0.3) is 10.8 Å². The van der Waals surface area contributed by atoms with Gasteiger partial charge in [0.15, 0.2) is 6.19 Å². The van der Waals surface area contributed by atoms with Crippen molar-refractivity contribution in [3.63, 3.8) is 0 Å². The summed E-state index contributed by atoms with van der Waals surface area (Å²) in [6.45, 7) is 0. The second kappa shape index (κ2) is 2.10. The number of nitrogens with zero attached hydrogens (tertiary/aromatic N) is 3. The molecular weight excluding hydrogens is 138 g/mol. The first-order valence-electron chi connectivity index (χ1n) is 3.22. The van der Waals surface area contributed by atoms with Crippen LogP contribution in [0.5, 0.6) is 0 Å². The third-order valence-corrected chi connectivity index (χ3v) is 1.56. The van der Waals surface area contributed by atoms with Crippen molar-refractivity contribution in [1.29, 1.82) is 5.26 Å². The van der Waals surface area contributed by atoms with Crippen LogP contribution in [0.2, 0.25) is 0 Å². The Kier molecular flexibility index (Phi) is 1.13. The summed E-state index contributed by atoms with van der Waals surface area (Å²) in [6.07, 6.45) is 8.98. The lowest BCUT2D eigenvalue weighted by Gasteiger charge is -1.81. The van der Waals surface area contributed by atoms with Crippen molar-refractivity contribution >= 4 is 10.8 Å². The molecule has 3 nitrogen and oxygen atoms in total. The third-order valence-electron chi connectivity index (χ3n) is 1.56. The van der Waals surface area contributed by atoms with Gasteiger partial charge in [0.1, 0.15) is 0 Å². The lowest BCUT2D eigenvalue weighted by atomic mass is 10.3. The van der Waals surface area contributed by atoms with Crippen LogP contribution in [-0.2, 0) is 0 Å². The molecule has 2 rings (SSSR count). The highest BCUT2D eigenvalue weighted by Crippen LogP contribution is 2.11. The Balaban J connectivity index is 2.81. The van der Waals surface area contributed by atoms with Gasteiger partial charge in [-0.05, 0) is 6.07 Å². The summed E-state index contributed by atoms with van der Waals surface area (Å²) in [5.41, 5.74) is 0. The van der Waals surface area contributed by atoms with E-state index in [2.05, 4.69) is 4.98 Å². The maximum atomic E-state index is 8.53. The molecule has 0 N–H and O–H groups in total. The monoisotopic (exact) mass is 143 g/mol. The van der Waals surface area contributed by atoms with Crippen molar-refractivity contribution in [3.8, 4) is 6.19 Å². The molecule has 0 atom stereocenters. The molecule has 0 aliphatic heterocycles. The molecule has 0 radical (unpaired) electrons. The van der Waals surface area contributed by atoms with Crippen LogP contribution in [-0.4, -0.2) is 9.55 Å². The van der Waals surface area contributed by atoms with E-state index >= 15 is 0 Å². The molecule has 0 bridgehead atoms. The van der Waals surface area contributed by atoms with Gasteiger partial charge in [-0.15, -0.1) is 0 Å². The topological polar surface area (TPSA) is 41.6 Å². The van der Waals surface area contributed by atoms with Crippen molar-refractivity contribution in [3.05, 3.63) is 30.9 Å². The molecule has 11 heavy (non-hydrogen) atoms. The van der Waals surface area contributed by atoms with E-state index in [9.17, 15) is 0 Å². The zero-order valence-corrected chi connectivity index (χ0v) is 5.73. The highest BCUT2D eigenvalue weighted by molar-refractivity contribution is 5.81. The maximum absolute atomic E-state index is 8.53. The number of hydrogen-bond acceptors (Lipinski definition) is 2. The first-order chi connectivity index (χ1) is 5.40. The lowest BCUT2D eigenvalue weighted by Crippen LogP contribution is -1.76. The number of rotatable bonds is 0. The van der Waals surface area contributed by atoms with Gasteiger partial charge < -0.3 is 0 Å². The van der Waals surface area contributed by atoms with E-state index in [1.165, 1.54) is 4.57 Å². The molecule has 0 amide bonds. The van der Waals surface area contributed by atoms with Gasteiger partial charge in [0.2, 0.25) is 0 Å². The van der Waals surface area contributed by atoms with Crippen LogP contribution in [0.15, 0.2) is 30.9 Å². The van der Waals surface area contributed by atoms with Crippen LogP contribution in [0.4, 0.5) is 0 Å². The summed E-state index contributed by atoms with van der Waals surface area (Å²) in [7, 11) is 0. The number of fused-ring (bicyclic) bond motifs is 1. The SMILES string of the molecule is N#Cn1cc2ccncc2c1. The molecule has 0 saturated carbocycles. The fourth-order valence-electron chi connectivity index (χ4n) is 1.04. The van der Waals surface area contributed by atoms with E-state index in [1.54, 1.807) is 24.8 Å². The second-order valence-electron chi connectivity index (χ2n) is 2.27. The molecule has 0 unspecified atom stereocenters. The average molecular weight is 143 g/mol. The van der Waals surface area contributed by atoms with Gasteiger partial charge in [0.05, 0.1) is 0 Å². The minimum Gasteiger partial charge on any atom is -0.264 e. The van der Waals surface area contributed by atoms with Gasteiger partial charge in [-0.25, -0.2) is 0 Å². The molecule has 0 aromatic carbocycles. The highest BCUT2D eigenvalue weighted by Gasteiger charge is 1.94. The van der Waals surface area contributed by atoms with Crippen LogP contribution in [0.1, 0.15) is 0 Å². The summed E-state index contributed by atoms with van der Waals surface area (Å²) < 4.78 is 1.46. The predicted octanol–water partition coefficient (Wildman–Crippen LogP) is 1.37. The van der Waals surface area contributed by atoms with Crippen molar-refractivity contribution in [2.45, 2.75) is 0 Å². The van der Waals surface area contributed by atoms with Crippen molar-refractivity contribution in [2.24, 2.45) is 0 Å². The van der Waals surface area contributed by atoms with Crippen LogP contribution >= 0.6 is 0 Å². The average Bonchev–Trinajstić information content (AvgIpc) is 2.46. The molecule has 0 aliphatic carbocycles. The standard InChI is InChI=1S/C8H5N3/c9-6-11-4-7-1-2-10-3-8(7)5-11/h1-5H. The lowest BCUT2D eigenvalue weighted by molar-refractivity contribution is 1.11.